The number of nitrogens with one attached hydrogen (secondary N) is 2. The molecular weight excluding hydrogens is 467 g/mol. The quantitative estimate of drug-likeness (QED) is 0.448. The highest BCUT2D eigenvalue weighted by Crippen LogP contribution is 2.43. The molecular formula is C22H16ClFN6O4. The average molecular weight is 483 g/mol. The highest BCUT2D eigenvalue weighted by atomic mass is 35.5. The van der Waals surface area contributed by atoms with Crippen molar-refractivity contribution in [1.82, 2.24) is 25.4 Å². The summed E-state index contributed by atoms with van der Waals surface area (Å²) < 4.78 is 24.8. The number of halogens is 2. The van der Waals surface area contributed by atoms with Crippen LogP contribution >= 0.6 is 11.6 Å². The molecule has 34 heavy (non-hydrogen) atoms. The Kier molecular flexibility index (Phi) is 4.73. The Hall–Kier alpha value is -3.99. The van der Waals surface area contributed by atoms with E-state index in [1.54, 1.807) is 23.1 Å². The van der Waals surface area contributed by atoms with E-state index in [1.807, 2.05) is 0 Å². The zero-order chi connectivity index (χ0) is 23.4. The van der Waals surface area contributed by atoms with E-state index >= 15 is 0 Å². The summed E-state index contributed by atoms with van der Waals surface area (Å²) in [5, 5.41) is 16.8. The van der Waals surface area contributed by atoms with E-state index in [2.05, 4.69) is 30.5 Å². The smallest absolute Gasteiger partial charge is 0.322 e. The van der Waals surface area contributed by atoms with Gasteiger partial charge in [0.05, 0.1) is 22.4 Å². The molecule has 2 aliphatic rings. The molecule has 2 N–H and O–H groups in total. The Morgan fingerprint density at radius 2 is 2.06 bits per heavy atom. The van der Waals surface area contributed by atoms with Gasteiger partial charge in [0.15, 0.2) is 5.75 Å². The number of anilines is 1. The number of aromatic amines is 1. The highest BCUT2D eigenvalue weighted by Gasteiger charge is 2.44. The maximum atomic E-state index is 14.3. The van der Waals surface area contributed by atoms with Crippen LogP contribution in [0.3, 0.4) is 0 Å². The number of H-pyrrole nitrogens is 1. The van der Waals surface area contributed by atoms with Crippen LogP contribution in [0.4, 0.5) is 14.9 Å². The van der Waals surface area contributed by atoms with Gasteiger partial charge in [0, 0.05) is 24.2 Å². The first-order chi connectivity index (χ1) is 16.5. The van der Waals surface area contributed by atoms with Crippen molar-refractivity contribution in [2.45, 2.75) is 31.3 Å². The number of carbonyl (C=O) groups is 1. The summed E-state index contributed by atoms with van der Waals surface area (Å²) in [5.41, 5.74) is 2.48. The minimum atomic E-state index is -0.695. The van der Waals surface area contributed by atoms with Gasteiger partial charge >= 0.3 is 6.03 Å². The van der Waals surface area contributed by atoms with E-state index in [4.69, 9.17) is 16.3 Å². The van der Waals surface area contributed by atoms with Crippen LogP contribution in [-0.2, 0) is 6.42 Å². The molecule has 2 aliphatic heterocycles. The molecule has 0 saturated carbocycles. The fourth-order valence-corrected chi connectivity index (χ4v) is 4.82. The van der Waals surface area contributed by atoms with Crippen molar-refractivity contribution >= 4 is 34.4 Å². The molecule has 2 bridgehead atoms. The van der Waals surface area contributed by atoms with Crippen molar-refractivity contribution in [3.63, 3.8) is 0 Å². The van der Waals surface area contributed by atoms with Crippen molar-refractivity contribution in [1.29, 1.82) is 0 Å². The predicted molar refractivity (Wildman–Crippen MR) is 118 cm³/mol. The van der Waals surface area contributed by atoms with Crippen molar-refractivity contribution in [2.75, 3.05) is 5.32 Å². The number of hydrogen-bond acceptors (Lipinski definition) is 7. The maximum Gasteiger partial charge on any atom is 0.322 e. The third-order valence-electron chi connectivity index (χ3n) is 6.15. The van der Waals surface area contributed by atoms with Crippen LogP contribution in [0.25, 0.3) is 11.0 Å². The van der Waals surface area contributed by atoms with Crippen molar-refractivity contribution in [3.05, 3.63) is 68.8 Å². The fraction of sp³-hybridized carbons (Fsp3) is 0.227. The van der Waals surface area contributed by atoms with Gasteiger partial charge in [0.25, 0.3) is 5.56 Å². The Morgan fingerprint density at radius 3 is 2.94 bits per heavy atom. The molecule has 172 valence electrons. The molecule has 0 aliphatic carbocycles. The summed E-state index contributed by atoms with van der Waals surface area (Å²) in [6.07, 6.45) is 2.04. The van der Waals surface area contributed by atoms with Gasteiger partial charge in [-0.1, -0.05) is 11.6 Å². The lowest BCUT2D eigenvalue weighted by atomic mass is 9.99. The minimum Gasteiger partial charge on any atom is -0.455 e. The van der Waals surface area contributed by atoms with Crippen LogP contribution in [0, 0.1) is 5.82 Å². The number of fused-ring (bicyclic) bond motifs is 5. The summed E-state index contributed by atoms with van der Waals surface area (Å²) >= 11 is 6.00. The van der Waals surface area contributed by atoms with E-state index in [0.717, 1.165) is 24.5 Å². The number of rotatable bonds is 3. The second kappa shape index (κ2) is 7.80. The Bertz CT molecular complexity index is 1500. The van der Waals surface area contributed by atoms with Crippen LogP contribution < -0.4 is 15.6 Å². The van der Waals surface area contributed by atoms with Crippen LogP contribution in [0.2, 0.25) is 5.02 Å². The molecule has 0 radical (unpaired) electrons. The summed E-state index contributed by atoms with van der Waals surface area (Å²) in [5.74, 6) is -0.280. The van der Waals surface area contributed by atoms with Gasteiger partial charge in [-0.2, -0.15) is 5.10 Å². The van der Waals surface area contributed by atoms with Gasteiger partial charge < -0.3 is 15.0 Å². The summed E-state index contributed by atoms with van der Waals surface area (Å²) in [7, 11) is 0. The molecule has 2 aromatic carbocycles. The summed E-state index contributed by atoms with van der Waals surface area (Å²) in [6, 6.07) is 8.05. The van der Waals surface area contributed by atoms with E-state index in [-0.39, 0.29) is 34.1 Å². The van der Waals surface area contributed by atoms with E-state index in [0.29, 0.717) is 28.9 Å². The first-order valence-electron chi connectivity index (χ1n) is 10.5. The van der Waals surface area contributed by atoms with Gasteiger partial charge in [-0.05, 0) is 53.3 Å². The van der Waals surface area contributed by atoms with Crippen LogP contribution in [0.1, 0.15) is 30.1 Å². The molecule has 4 aromatic rings. The number of benzene rings is 2. The first-order valence-corrected chi connectivity index (χ1v) is 10.9. The Balaban J connectivity index is 1.30. The molecule has 4 heterocycles. The summed E-state index contributed by atoms with van der Waals surface area (Å²) in [6.45, 7) is 0. The minimum absolute atomic E-state index is 0.0678. The zero-order valence-electron chi connectivity index (χ0n) is 17.4. The van der Waals surface area contributed by atoms with Crippen LogP contribution in [-0.4, -0.2) is 37.5 Å². The normalized spacial score (nSPS) is 18.7. The van der Waals surface area contributed by atoms with Gasteiger partial charge in [-0.3, -0.25) is 4.79 Å². The van der Waals surface area contributed by atoms with Crippen LogP contribution in [0.15, 0.2) is 45.8 Å². The van der Waals surface area contributed by atoms with E-state index < -0.39 is 11.8 Å². The largest absolute Gasteiger partial charge is 0.455 e. The molecule has 6 rings (SSSR count). The van der Waals surface area contributed by atoms with Crippen LogP contribution in [0.5, 0.6) is 11.5 Å². The van der Waals surface area contributed by atoms with E-state index in [1.165, 1.54) is 12.1 Å². The second-order valence-electron chi connectivity index (χ2n) is 8.21. The lowest BCUT2D eigenvalue weighted by Crippen LogP contribution is -2.45. The number of aromatic nitrogens is 4. The zero-order valence-corrected chi connectivity index (χ0v) is 18.2. The second-order valence-corrected chi connectivity index (χ2v) is 8.62. The molecule has 2 amide bonds. The fourth-order valence-electron chi connectivity index (χ4n) is 4.66. The van der Waals surface area contributed by atoms with Gasteiger partial charge in [-0.15, -0.1) is 0 Å². The summed E-state index contributed by atoms with van der Waals surface area (Å²) in [4.78, 5) is 26.7. The molecule has 1 saturated heterocycles. The Labute approximate surface area is 195 Å². The molecule has 1 fully saturated rings. The molecule has 2 aromatic heterocycles. The maximum absolute atomic E-state index is 14.3. The lowest BCUT2D eigenvalue weighted by Gasteiger charge is -2.35. The lowest BCUT2D eigenvalue weighted by molar-refractivity contribution is 0.177. The number of nitrogens with zero attached hydrogens (tertiary/aromatic N) is 4. The van der Waals surface area contributed by atoms with Crippen molar-refractivity contribution < 1.29 is 18.6 Å². The number of hydrogen-bond donors (Lipinski definition) is 2. The molecule has 12 heteroatoms. The standard InChI is InChI=1S/C22H16ClFN6O4/c23-13-8-17(19(9-14(13)24)33-12-2-3-15-16(7-12)29-34-28-15)25-22(32)30-11-1-4-18(30)21-10(5-11)6-20(31)26-27-21/h2-3,6-9,11,18H,1,4-5H2,(H,25,32)(H,26,31)/t11-,18+/m0/s1. The SMILES string of the molecule is O=C(Nc1cc(Cl)c(F)cc1Oc1ccc2nonc2c1)N1[C@H]2CC[C@@H]1c1n[nH]c(=O)cc1C2. The first kappa shape index (κ1) is 20.6. The third kappa shape index (κ3) is 3.45. The monoisotopic (exact) mass is 482 g/mol. The molecule has 0 spiro atoms. The average Bonchev–Trinajstić information content (AvgIpc) is 3.40. The van der Waals surface area contributed by atoms with E-state index in [9.17, 15) is 14.0 Å². The molecule has 2 atom stereocenters. The van der Waals surface area contributed by atoms with Gasteiger partial charge in [-0.25, -0.2) is 18.9 Å². The van der Waals surface area contributed by atoms with Gasteiger partial charge in [0.1, 0.15) is 22.6 Å². The highest BCUT2D eigenvalue weighted by molar-refractivity contribution is 6.31. The van der Waals surface area contributed by atoms with Crippen molar-refractivity contribution in [3.8, 4) is 11.5 Å². The number of ether oxygens (including phenoxy) is 1. The Morgan fingerprint density at radius 1 is 1.21 bits per heavy atom. The third-order valence-corrected chi connectivity index (χ3v) is 6.44. The number of amides is 2. The van der Waals surface area contributed by atoms with Gasteiger partial charge in [0.2, 0.25) is 0 Å². The number of urea groups is 1. The number of carbonyl (C=O) groups excluding carboxylic acids is 1. The topological polar surface area (TPSA) is 126 Å². The predicted octanol–water partition coefficient (Wildman–Crippen LogP) is 4.18. The van der Waals surface area contributed by atoms with Crippen molar-refractivity contribution in [2.24, 2.45) is 0 Å². The molecule has 0 unspecified atom stereocenters. The molecule has 10 nitrogen and oxygen atoms in total.